The van der Waals surface area contributed by atoms with E-state index in [-0.39, 0.29) is 28.9 Å². The van der Waals surface area contributed by atoms with Crippen LogP contribution in [0.15, 0.2) is 24.3 Å². The van der Waals surface area contributed by atoms with Crippen LogP contribution in [0.1, 0.15) is 87.0 Å². The van der Waals surface area contributed by atoms with Crippen LogP contribution in [0.4, 0.5) is 0 Å². The molecule has 4 N–H and O–H groups in total. The molecule has 0 atom stereocenters. The molecule has 0 saturated heterocycles. The summed E-state index contributed by atoms with van der Waals surface area (Å²) in [5.41, 5.74) is 4.18. The first-order valence-electron chi connectivity index (χ1n) is 11.1. The first-order valence-corrected chi connectivity index (χ1v) is 11.1. The molecule has 4 nitrogen and oxygen atoms in total. The lowest BCUT2D eigenvalue weighted by Gasteiger charge is -2.34. The van der Waals surface area contributed by atoms with Crippen LogP contribution < -0.4 is 0 Å². The molecule has 158 valence electrons. The van der Waals surface area contributed by atoms with E-state index in [9.17, 15) is 20.4 Å². The highest BCUT2D eigenvalue weighted by molar-refractivity contribution is 5.54. The minimum absolute atomic E-state index is 0.0244. The Morgan fingerprint density at radius 1 is 0.690 bits per heavy atom. The Labute approximate surface area is 173 Å². The van der Waals surface area contributed by atoms with Gasteiger partial charge in [0.25, 0.3) is 0 Å². The van der Waals surface area contributed by atoms with Crippen LogP contribution in [-0.2, 0) is 12.8 Å². The van der Waals surface area contributed by atoms with Crippen LogP contribution in [-0.4, -0.2) is 20.4 Å². The third-order valence-electron chi connectivity index (χ3n) is 6.30. The molecule has 0 heterocycles. The van der Waals surface area contributed by atoms with Gasteiger partial charge in [-0.15, -0.1) is 0 Å². The Hall–Kier alpha value is -2.36. The molecule has 4 heteroatoms. The Kier molecular flexibility index (Phi) is 6.94. The first kappa shape index (κ1) is 21.4. The van der Waals surface area contributed by atoms with Gasteiger partial charge in [-0.1, -0.05) is 46.0 Å². The van der Waals surface area contributed by atoms with E-state index in [0.717, 1.165) is 60.8 Å². The fourth-order valence-corrected chi connectivity index (χ4v) is 4.97. The number of phenolic OH excluding ortho intramolecular Hbond substituents is 4. The largest absolute Gasteiger partial charge is 0.504 e. The fourth-order valence-electron chi connectivity index (χ4n) is 4.97. The Balaban J connectivity index is 2.22. The van der Waals surface area contributed by atoms with Crippen LogP contribution in [0, 0.1) is 5.92 Å². The molecule has 1 fully saturated rings. The summed E-state index contributed by atoms with van der Waals surface area (Å²) >= 11 is 0. The summed E-state index contributed by atoms with van der Waals surface area (Å²) in [5.74, 6) is 0.0736. The molecule has 0 amide bonds. The van der Waals surface area contributed by atoms with Crippen molar-refractivity contribution in [1.82, 2.24) is 0 Å². The summed E-state index contributed by atoms with van der Waals surface area (Å²) in [6.45, 7) is 4.22. The number of hydrogen-bond donors (Lipinski definition) is 4. The Bertz CT molecular complexity index is 776. The maximum Gasteiger partial charge on any atom is 0.157 e. The molecule has 1 aliphatic rings. The highest BCUT2D eigenvalue weighted by atomic mass is 16.3. The lowest BCUT2D eigenvalue weighted by Crippen LogP contribution is -2.20. The van der Waals surface area contributed by atoms with E-state index < -0.39 is 0 Å². The SMILES string of the molecule is CCCc1cc(O)c(O)cc1C(c1cc(O)c(O)cc1CCC)C1CCCCC1. The summed E-state index contributed by atoms with van der Waals surface area (Å²) in [6.07, 6.45) is 9.33. The van der Waals surface area contributed by atoms with E-state index >= 15 is 0 Å². The standard InChI is InChI=1S/C25H34O4/c1-3-8-17-12-21(26)23(28)14-19(17)25(16-10-6-5-7-11-16)20-15-24(29)22(27)13-18(20)9-4-2/h12-16,25-29H,3-11H2,1-2H3. The molecule has 0 aromatic heterocycles. The molecule has 2 aromatic rings. The van der Waals surface area contributed by atoms with Crippen LogP contribution >= 0.6 is 0 Å². The fraction of sp³-hybridized carbons (Fsp3) is 0.520. The lowest BCUT2D eigenvalue weighted by atomic mass is 9.70. The Morgan fingerprint density at radius 3 is 1.52 bits per heavy atom. The van der Waals surface area contributed by atoms with Crippen LogP contribution in [0.3, 0.4) is 0 Å². The van der Waals surface area contributed by atoms with Gasteiger partial charge in [-0.25, -0.2) is 0 Å². The average Bonchev–Trinajstić information content (AvgIpc) is 2.70. The van der Waals surface area contributed by atoms with E-state index in [1.165, 1.54) is 19.3 Å². The number of aromatic hydroxyl groups is 4. The van der Waals surface area contributed by atoms with Crippen molar-refractivity contribution in [3.8, 4) is 23.0 Å². The number of aryl methyl sites for hydroxylation is 2. The summed E-state index contributed by atoms with van der Waals surface area (Å²) in [4.78, 5) is 0. The van der Waals surface area contributed by atoms with Gasteiger partial charge >= 0.3 is 0 Å². The van der Waals surface area contributed by atoms with Crippen LogP contribution in [0.2, 0.25) is 0 Å². The molecule has 0 unspecified atom stereocenters. The van der Waals surface area contributed by atoms with Crippen molar-refractivity contribution in [2.75, 3.05) is 0 Å². The van der Waals surface area contributed by atoms with Gasteiger partial charge in [0.05, 0.1) is 0 Å². The maximum atomic E-state index is 10.3. The van der Waals surface area contributed by atoms with Gasteiger partial charge in [-0.05, 0) is 78.1 Å². The predicted octanol–water partition coefficient (Wildman–Crippen LogP) is 6.13. The van der Waals surface area contributed by atoms with Crippen molar-refractivity contribution in [1.29, 1.82) is 0 Å². The van der Waals surface area contributed by atoms with Crippen molar-refractivity contribution >= 4 is 0 Å². The van der Waals surface area contributed by atoms with Crippen molar-refractivity contribution in [3.63, 3.8) is 0 Å². The van der Waals surface area contributed by atoms with E-state index in [4.69, 9.17) is 0 Å². The quantitative estimate of drug-likeness (QED) is 0.423. The van der Waals surface area contributed by atoms with Crippen molar-refractivity contribution in [3.05, 3.63) is 46.5 Å². The zero-order valence-corrected chi connectivity index (χ0v) is 17.6. The number of phenols is 4. The molecule has 29 heavy (non-hydrogen) atoms. The molecule has 0 aliphatic heterocycles. The van der Waals surface area contributed by atoms with Crippen molar-refractivity contribution in [2.24, 2.45) is 5.92 Å². The minimum Gasteiger partial charge on any atom is -0.504 e. The second kappa shape index (κ2) is 9.43. The van der Waals surface area contributed by atoms with Gasteiger partial charge in [-0.3, -0.25) is 0 Å². The topological polar surface area (TPSA) is 80.9 Å². The second-order valence-electron chi connectivity index (χ2n) is 8.46. The van der Waals surface area contributed by atoms with E-state index in [2.05, 4.69) is 13.8 Å². The van der Waals surface area contributed by atoms with E-state index in [1.54, 1.807) is 24.3 Å². The number of rotatable bonds is 7. The van der Waals surface area contributed by atoms with Gasteiger partial charge in [-0.2, -0.15) is 0 Å². The molecular formula is C25H34O4. The third-order valence-corrected chi connectivity index (χ3v) is 6.30. The molecule has 0 radical (unpaired) electrons. The zero-order valence-electron chi connectivity index (χ0n) is 17.6. The number of hydrogen-bond acceptors (Lipinski definition) is 4. The first-order chi connectivity index (χ1) is 14.0. The molecule has 1 saturated carbocycles. The molecule has 2 aromatic carbocycles. The molecule has 0 spiro atoms. The second-order valence-corrected chi connectivity index (χ2v) is 8.46. The van der Waals surface area contributed by atoms with Gasteiger partial charge in [0, 0.05) is 5.92 Å². The Morgan fingerprint density at radius 2 is 1.10 bits per heavy atom. The highest BCUT2D eigenvalue weighted by Crippen LogP contribution is 2.47. The number of benzene rings is 2. The van der Waals surface area contributed by atoms with Crippen molar-refractivity contribution in [2.45, 2.75) is 77.6 Å². The summed E-state index contributed by atoms with van der Waals surface area (Å²) < 4.78 is 0. The normalized spacial score (nSPS) is 15.1. The smallest absolute Gasteiger partial charge is 0.157 e. The van der Waals surface area contributed by atoms with E-state index in [1.807, 2.05) is 0 Å². The van der Waals surface area contributed by atoms with Crippen molar-refractivity contribution < 1.29 is 20.4 Å². The van der Waals surface area contributed by atoms with E-state index in [0.29, 0.717) is 5.92 Å². The van der Waals surface area contributed by atoms with Crippen LogP contribution in [0.25, 0.3) is 0 Å². The summed E-state index contributed by atoms with van der Waals surface area (Å²) in [7, 11) is 0. The summed E-state index contributed by atoms with van der Waals surface area (Å²) in [5, 5.41) is 40.9. The molecule has 3 rings (SSSR count). The average molecular weight is 399 g/mol. The van der Waals surface area contributed by atoms with Gasteiger partial charge in [0.1, 0.15) is 0 Å². The van der Waals surface area contributed by atoms with Crippen LogP contribution in [0.5, 0.6) is 23.0 Å². The predicted molar refractivity (Wildman–Crippen MR) is 116 cm³/mol. The van der Waals surface area contributed by atoms with Gasteiger partial charge in [0.15, 0.2) is 23.0 Å². The van der Waals surface area contributed by atoms with Gasteiger partial charge in [0.2, 0.25) is 0 Å². The molecule has 0 bridgehead atoms. The molecule has 1 aliphatic carbocycles. The lowest BCUT2D eigenvalue weighted by molar-refractivity contribution is 0.323. The maximum absolute atomic E-state index is 10.3. The monoisotopic (exact) mass is 398 g/mol. The zero-order chi connectivity index (χ0) is 21.0. The summed E-state index contributed by atoms with van der Waals surface area (Å²) in [6, 6.07) is 6.84. The third kappa shape index (κ3) is 4.63. The minimum atomic E-state index is -0.0966. The highest BCUT2D eigenvalue weighted by Gasteiger charge is 2.31. The van der Waals surface area contributed by atoms with Gasteiger partial charge < -0.3 is 20.4 Å². The molecular weight excluding hydrogens is 364 g/mol.